The van der Waals surface area contributed by atoms with Gasteiger partial charge in [0.1, 0.15) is 29.6 Å². The lowest BCUT2D eigenvalue weighted by Crippen LogP contribution is -2.50. The molecule has 2 bridgehead atoms. The number of hydrogen-bond donors (Lipinski definition) is 1. The van der Waals surface area contributed by atoms with Crippen molar-refractivity contribution in [1.82, 2.24) is 5.32 Å². The second kappa shape index (κ2) is 5.19. The summed E-state index contributed by atoms with van der Waals surface area (Å²) in [4.78, 5) is 24.5. The minimum Gasteiger partial charge on any atom is -0.497 e. The molecule has 2 aliphatic heterocycles. The largest absolute Gasteiger partial charge is 0.497 e. The number of hydrogen-bond acceptors (Lipinski definition) is 5. The van der Waals surface area contributed by atoms with Gasteiger partial charge in [0, 0.05) is 18.5 Å². The highest BCUT2D eigenvalue weighted by Gasteiger charge is 2.51. The molecule has 1 saturated heterocycles. The molecule has 0 saturated carbocycles. The van der Waals surface area contributed by atoms with Gasteiger partial charge in [-0.15, -0.1) is 0 Å². The van der Waals surface area contributed by atoms with E-state index in [0.717, 1.165) is 5.56 Å². The van der Waals surface area contributed by atoms with Gasteiger partial charge >= 0.3 is 5.97 Å². The third-order valence-electron chi connectivity index (χ3n) is 4.33. The molecular formula is C16H19NO5. The number of benzene rings is 1. The fourth-order valence-corrected chi connectivity index (χ4v) is 3.22. The highest BCUT2D eigenvalue weighted by molar-refractivity contribution is 5.99. The average molecular weight is 305 g/mol. The number of amides is 1. The maximum atomic E-state index is 12.4. The van der Waals surface area contributed by atoms with Crippen LogP contribution in [-0.2, 0) is 14.3 Å². The van der Waals surface area contributed by atoms with Crippen molar-refractivity contribution in [2.75, 3.05) is 20.8 Å². The lowest BCUT2D eigenvalue weighted by Gasteiger charge is -2.38. The Balaban J connectivity index is 2.11. The van der Waals surface area contributed by atoms with Gasteiger partial charge in [-0.3, -0.25) is 9.59 Å². The van der Waals surface area contributed by atoms with Gasteiger partial charge in [0.05, 0.1) is 7.11 Å². The number of methoxy groups -OCH3 is 1. The summed E-state index contributed by atoms with van der Waals surface area (Å²) < 4.78 is 16.6. The van der Waals surface area contributed by atoms with Crippen LogP contribution in [0.25, 0.3) is 0 Å². The van der Waals surface area contributed by atoms with Crippen LogP contribution in [0.5, 0.6) is 11.5 Å². The second-order valence-corrected chi connectivity index (χ2v) is 5.97. The predicted molar refractivity (Wildman–Crippen MR) is 77.9 cm³/mol. The number of rotatable bonds is 2. The smallest absolute Gasteiger partial charge is 0.319 e. The van der Waals surface area contributed by atoms with Crippen molar-refractivity contribution in [2.45, 2.75) is 24.9 Å². The number of carbonyl (C=O) groups excluding carboxylic acids is 2. The minimum atomic E-state index is -0.870. The Hall–Kier alpha value is -2.24. The first-order chi connectivity index (χ1) is 10.5. The van der Waals surface area contributed by atoms with E-state index in [1.807, 2.05) is 19.1 Å². The third-order valence-corrected chi connectivity index (χ3v) is 4.33. The summed E-state index contributed by atoms with van der Waals surface area (Å²) in [5.74, 6) is -0.670. The van der Waals surface area contributed by atoms with E-state index >= 15 is 0 Å². The Morgan fingerprint density at radius 1 is 1.45 bits per heavy atom. The molecule has 1 fully saturated rings. The normalized spacial score (nSPS) is 29.5. The molecule has 118 valence electrons. The first-order valence-corrected chi connectivity index (χ1v) is 7.22. The summed E-state index contributed by atoms with van der Waals surface area (Å²) >= 11 is 0. The highest BCUT2D eigenvalue weighted by atomic mass is 16.6. The van der Waals surface area contributed by atoms with Crippen LogP contribution < -0.4 is 14.8 Å². The first-order valence-electron chi connectivity index (χ1n) is 7.22. The van der Waals surface area contributed by atoms with E-state index in [4.69, 9.17) is 14.2 Å². The van der Waals surface area contributed by atoms with Crippen LogP contribution in [0.4, 0.5) is 0 Å². The molecule has 0 unspecified atom stereocenters. The Morgan fingerprint density at radius 3 is 2.91 bits per heavy atom. The summed E-state index contributed by atoms with van der Waals surface area (Å²) in [6.07, 6.45) is 0.539. The maximum absolute atomic E-state index is 12.4. The number of nitrogens with one attached hydrogen (secondary N) is 1. The van der Waals surface area contributed by atoms with E-state index in [9.17, 15) is 9.59 Å². The van der Waals surface area contributed by atoms with Crippen molar-refractivity contribution in [2.24, 2.45) is 5.92 Å². The van der Waals surface area contributed by atoms with Gasteiger partial charge in [-0.25, -0.2) is 0 Å². The Kier molecular flexibility index (Phi) is 3.47. The molecule has 0 aromatic heterocycles. The van der Waals surface area contributed by atoms with E-state index < -0.39 is 17.5 Å². The second-order valence-electron chi connectivity index (χ2n) is 5.97. The standard InChI is InChI=1S/C16H19NO5/c1-16-7-11(13(14(18)17-2)15(19)22-16)10-6-9(20-3)4-5-12(10)21-8-16/h4-6,11,13H,7-8H2,1-3H3,(H,17,18)/t11-,13-,16+/m0/s1. The zero-order chi connectivity index (χ0) is 15.9. The molecule has 6 heteroatoms. The predicted octanol–water partition coefficient (Wildman–Crippen LogP) is 1.24. The molecule has 3 atom stereocenters. The van der Waals surface area contributed by atoms with Crippen LogP contribution in [0.3, 0.4) is 0 Å². The number of carbonyl (C=O) groups is 2. The van der Waals surface area contributed by atoms with Crippen LogP contribution in [0.1, 0.15) is 24.8 Å². The van der Waals surface area contributed by atoms with Gasteiger partial charge in [-0.2, -0.15) is 0 Å². The van der Waals surface area contributed by atoms with Gasteiger partial charge in [-0.05, 0) is 31.5 Å². The lowest BCUT2D eigenvalue weighted by atomic mass is 9.76. The molecule has 2 heterocycles. The van der Waals surface area contributed by atoms with Crippen LogP contribution >= 0.6 is 0 Å². The lowest BCUT2D eigenvalue weighted by molar-refractivity contribution is -0.178. The van der Waals surface area contributed by atoms with E-state index in [1.165, 1.54) is 7.05 Å². The molecule has 1 aromatic carbocycles. The molecule has 22 heavy (non-hydrogen) atoms. The van der Waals surface area contributed by atoms with Gasteiger partial charge in [0.25, 0.3) is 0 Å². The number of fused-ring (bicyclic) bond motifs is 4. The molecular weight excluding hydrogens is 286 g/mol. The zero-order valence-corrected chi connectivity index (χ0v) is 12.8. The van der Waals surface area contributed by atoms with E-state index in [2.05, 4.69) is 5.32 Å². The van der Waals surface area contributed by atoms with Crippen molar-refractivity contribution in [3.8, 4) is 11.5 Å². The van der Waals surface area contributed by atoms with E-state index in [0.29, 0.717) is 17.9 Å². The van der Waals surface area contributed by atoms with Crippen molar-refractivity contribution in [1.29, 1.82) is 0 Å². The van der Waals surface area contributed by atoms with Crippen molar-refractivity contribution in [3.05, 3.63) is 23.8 Å². The molecule has 0 aliphatic carbocycles. The molecule has 0 radical (unpaired) electrons. The van der Waals surface area contributed by atoms with Gasteiger partial charge in [0.15, 0.2) is 0 Å². The molecule has 2 aliphatic rings. The van der Waals surface area contributed by atoms with Gasteiger partial charge < -0.3 is 19.5 Å². The van der Waals surface area contributed by atoms with Crippen molar-refractivity contribution >= 4 is 11.9 Å². The Bertz CT molecular complexity index is 629. The molecule has 6 nitrogen and oxygen atoms in total. The van der Waals surface area contributed by atoms with Crippen molar-refractivity contribution < 1.29 is 23.8 Å². The Labute approximate surface area is 128 Å². The average Bonchev–Trinajstić information content (AvgIpc) is 2.62. The number of ether oxygens (including phenoxy) is 3. The monoisotopic (exact) mass is 305 g/mol. The molecule has 1 N–H and O–H groups in total. The third kappa shape index (κ3) is 2.28. The maximum Gasteiger partial charge on any atom is 0.319 e. The fraction of sp³-hybridized carbons (Fsp3) is 0.500. The summed E-state index contributed by atoms with van der Waals surface area (Å²) in [5.41, 5.74) is 0.0896. The van der Waals surface area contributed by atoms with E-state index in [-0.39, 0.29) is 18.4 Å². The minimum absolute atomic E-state index is 0.273. The summed E-state index contributed by atoms with van der Waals surface area (Å²) in [7, 11) is 3.10. The highest BCUT2D eigenvalue weighted by Crippen LogP contribution is 2.47. The topological polar surface area (TPSA) is 73.9 Å². The van der Waals surface area contributed by atoms with Crippen molar-refractivity contribution in [3.63, 3.8) is 0 Å². The van der Waals surface area contributed by atoms with Gasteiger partial charge in [0.2, 0.25) is 5.91 Å². The summed E-state index contributed by atoms with van der Waals surface area (Å²) in [6, 6.07) is 5.44. The quantitative estimate of drug-likeness (QED) is 0.657. The summed E-state index contributed by atoms with van der Waals surface area (Å²) in [6.45, 7) is 2.11. The fourth-order valence-electron chi connectivity index (χ4n) is 3.22. The molecule has 0 spiro atoms. The molecule has 1 aromatic rings. The Morgan fingerprint density at radius 2 is 2.23 bits per heavy atom. The van der Waals surface area contributed by atoms with Gasteiger partial charge in [-0.1, -0.05) is 0 Å². The molecule has 1 amide bonds. The molecule has 3 rings (SSSR count). The van der Waals surface area contributed by atoms with Crippen LogP contribution in [0, 0.1) is 5.92 Å². The number of esters is 1. The van der Waals surface area contributed by atoms with Crippen LogP contribution in [-0.4, -0.2) is 38.2 Å². The van der Waals surface area contributed by atoms with Crippen LogP contribution in [0.15, 0.2) is 18.2 Å². The first kappa shape index (κ1) is 14.7. The summed E-state index contributed by atoms with van der Waals surface area (Å²) in [5, 5.41) is 2.55. The van der Waals surface area contributed by atoms with Crippen LogP contribution in [0.2, 0.25) is 0 Å². The van der Waals surface area contributed by atoms with E-state index in [1.54, 1.807) is 13.2 Å². The SMILES string of the molecule is CNC(=O)[C@H]1C(=O)O[C@@]2(C)COc3ccc(OC)cc3[C@@H]1C2. The zero-order valence-electron chi connectivity index (χ0n) is 12.8.